The van der Waals surface area contributed by atoms with Crippen molar-refractivity contribution >= 4 is 60.7 Å². The van der Waals surface area contributed by atoms with Gasteiger partial charge in [-0.2, -0.15) is 0 Å². The third-order valence-electron chi connectivity index (χ3n) is 3.56. The predicted octanol–water partition coefficient (Wildman–Crippen LogP) is 3.26. The summed E-state index contributed by atoms with van der Waals surface area (Å²) in [6, 6.07) is 10.9. The molecule has 150 valence electrons. The molecule has 2 aromatic carbocycles. The lowest BCUT2D eigenvalue weighted by Crippen LogP contribution is -2.18. The average Bonchev–Trinajstić information content (AvgIpc) is 2.63. The van der Waals surface area contributed by atoms with Crippen LogP contribution >= 0.6 is 27.7 Å². The molecule has 0 heterocycles. The fourth-order valence-electron chi connectivity index (χ4n) is 2.16. The van der Waals surface area contributed by atoms with E-state index in [1.165, 1.54) is 25.1 Å². The molecule has 0 aliphatic heterocycles. The van der Waals surface area contributed by atoms with Gasteiger partial charge in [0.1, 0.15) is 5.75 Å². The van der Waals surface area contributed by atoms with E-state index in [1.54, 1.807) is 18.2 Å². The summed E-state index contributed by atoms with van der Waals surface area (Å²) in [5.41, 5.74) is 0.655. The van der Waals surface area contributed by atoms with Gasteiger partial charge in [0.25, 0.3) is 0 Å². The van der Waals surface area contributed by atoms with Crippen molar-refractivity contribution in [2.45, 2.75) is 11.8 Å². The highest BCUT2D eigenvalue weighted by molar-refractivity contribution is 9.10. The number of sulfone groups is 1. The number of nitrogens with one attached hydrogen (secondary N) is 2. The molecule has 2 amide bonds. The van der Waals surface area contributed by atoms with Gasteiger partial charge in [-0.1, -0.05) is 28.9 Å². The van der Waals surface area contributed by atoms with Gasteiger partial charge in [0.15, 0.2) is 9.84 Å². The van der Waals surface area contributed by atoms with Gasteiger partial charge >= 0.3 is 0 Å². The van der Waals surface area contributed by atoms with Crippen molar-refractivity contribution in [1.29, 1.82) is 0 Å². The Balaban J connectivity index is 1.87. The van der Waals surface area contributed by atoms with Gasteiger partial charge < -0.3 is 15.7 Å². The first-order chi connectivity index (χ1) is 13.2. The van der Waals surface area contributed by atoms with Crippen molar-refractivity contribution in [2.75, 3.05) is 27.9 Å². The highest BCUT2D eigenvalue weighted by Crippen LogP contribution is 2.27. The summed E-state index contributed by atoms with van der Waals surface area (Å²) in [6.07, 6.45) is 0. The minimum Gasteiger partial charge on any atom is -0.506 e. The highest BCUT2D eigenvalue weighted by Gasteiger charge is 2.15. The van der Waals surface area contributed by atoms with Gasteiger partial charge in [0, 0.05) is 10.2 Å². The Morgan fingerprint density at radius 1 is 1.07 bits per heavy atom. The lowest BCUT2D eigenvalue weighted by atomic mass is 10.3. The molecule has 0 spiro atoms. The van der Waals surface area contributed by atoms with Crippen LogP contribution in [0.4, 0.5) is 11.4 Å². The van der Waals surface area contributed by atoms with Gasteiger partial charge in [-0.3, -0.25) is 9.59 Å². The number of hydrogen-bond donors (Lipinski definition) is 3. The molecule has 7 nitrogen and oxygen atoms in total. The Kier molecular flexibility index (Phi) is 7.90. The second-order valence-corrected chi connectivity index (χ2v) is 9.86. The van der Waals surface area contributed by atoms with Crippen molar-refractivity contribution in [3.63, 3.8) is 0 Å². The number of aromatic hydroxyl groups is 1. The molecule has 0 saturated carbocycles. The first-order valence-corrected chi connectivity index (χ1v) is 11.8. The zero-order chi connectivity index (χ0) is 20.7. The lowest BCUT2D eigenvalue weighted by Gasteiger charge is -2.10. The Hall–Kier alpha value is -2.04. The second kappa shape index (κ2) is 9.94. The molecule has 10 heteroatoms. The maximum atomic E-state index is 12.0. The van der Waals surface area contributed by atoms with E-state index in [0.29, 0.717) is 5.69 Å². The van der Waals surface area contributed by atoms with Crippen molar-refractivity contribution in [3.05, 3.63) is 46.9 Å². The van der Waals surface area contributed by atoms with Crippen molar-refractivity contribution in [2.24, 2.45) is 0 Å². The number of phenolic OH excluding ortho intramolecular Hbond substituents is 1. The molecule has 0 radical (unpaired) electrons. The SMILES string of the molecule is CCS(=O)(=O)c1ccc(O)c(NC(=O)CSCC(=O)Nc2cccc(Br)c2)c1. The quantitative estimate of drug-likeness (QED) is 0.493. The molecule has 0 aromatic heterocycles. The first-order valence-electron chi connectivity index (χ1n) is 8.20. The van der Waals surface area contributed by atoms with Gasteiger partial charge in [-0.15, -0.1) is 11.8 Å². The number of anilines is 2. The van der Waals surface area contributed by atoms with Crippen molar-refractivity contribution < 1.29 is 23.1 Å². The van der Waals surface area contributed by atoms with Crippen molar-refractivity contribution in [3.8, 4) is 5.75 Å². The number of halogens is 1. The van der Waals surface area contributed by atoms with Gasteiger partial charge in [-0.05, 0) is 36.4 Å². The summed E-state index contributed by atoms with van der Waals surface area (Å²) in [4.78, 5) is 24.0. The van der Waals surface area contributed by atoms with Crippen LogP contribution in [0.5, 0.6) is 5.75 Å². The molecule has 0 saturated heterocycles. The standard InChI is InChI=1S/C18H19BrN2O5S2/c1-2-28(25,26)14-6-7-16(22)15(9-14)21-18(24)11-27-10-17(23)20-13-5-3-4-12(19)8-13/h3-9,22H,2,10-11H2,1H3,(H,20,23)(H,21,24). The zero-order valence-electron chi connectivity index (χ0n) is 14.9. The summed E-state index contributed by atoms with van der Waals surface area (Å²) in [6.45, 7) is 1.51. The maximum absolute atomic E-state index is 12.0. The minimum absolute atomic E-state index is 0.0127. The predicted molar refractivity (Wildman–Crippen MR) is 115 cm³/mol. The van der Waals surface area contributed by atoms with Crippen molar-refractivity contribution in [1.82, 2.24) is 0 Å². The number of carbonyl (C=O) groups is 2. The molecule has 0 bridgehead atoms. The van der Waals surface area contributed by atoms with Crippen LogP contribution in [0.3, 0.4) is 0 Å². The van der Waals surface area contributed by atoms with Crippen LogP contribution in [0.1, 0.15) is 6.92 Å². The molecule has 2 rings (SSSR count). The molecular formula is C18H19BrN2O5S2. The van der Waals surface area contributed by atoms with E-state index >= 15 is 0 Å². The third kappa shape index (κ3) is 6.54. The van der Waals surface area contributed by atoms with Crippen LogP contribution < -0.4 is 10.6 Å². The van der Waals surface area contributed by atoms with E-state index in [1.807, 2.05) is 6.07 Å². The van der Waals surface area contributed by atoms with Crippen LogP contribution in [-0.2, 0) is 19.4 Å². The van der Waals surface area contributed by atoms with E-state index < -0.39 is 15.7 Å². The monoisotopic (exact) mass is 486 g/mol. The summed E-state index contributed by atoms with van der Waals surface area (Å²) < 4.78 is 24.7. The molecule has 0 aliphatic carbocycles. The minimum atomic E-state index is -3.46. The summed E-state index contributed by atoms with van der Waals surface area (Å²) in [5.74, 6) is -1.00. The fraction of sp³-hybridized carbons (Fsp3) is 0.222. The number of amides is 2. The van der Waals surface area contributed by atoms with Crippen LogP contribution in [0.25, 0.3) is 0 Å². The van der Waals surface area contributed by atoms with E-state index in [9.17, 15) is 23.1 Å². The topological polar surface area (TPSA) is 113 Å². The van der Waals surface area contributed by atoms with E-state index in [-0.39, 0.29) is 39.5 Å². The highest BCUT2D eigenvalue weighted by atomic mass is 79.9. The van der Waals surface area contributed by atoms with Gasteiger partial charge in [0.05, 0.1) is 27.8 Å². The molecule has 0 unspecified atom stereocenters. The van der Waals surface area contributed by atoms with Gasteiger partial charge in [0.2, 0.25) is 11.8 Å². The molecule has 0 aliphatic rings. The molecule has 28 heavy (non-hydrogen) atoms. The smallest absolute Gasteiger partial charge is 0.234 e. The number of phenols is 1. The lowest BCUT2D eigenvalue weighted by molar-refractivity contribution is -0.114. The molecule has 3 N–H and O–H groups in total. The third-order valence-corrected chi connectivity index (χ3v) is 6.71. The maximum Gasteiger partial charge on any atom is 0.234 e. The van der Waals surface area contributed by atoms with E-state index in [0.717, 1.165) is 16.2 Å². The number of thioether (sulfide) groups is 1. The number of rotatable bonds is 8. The second-order valence-electron chi connectivity index (χ2n) is 5.68. The average molecular weight is 487 g/mol. The van der Waals surface area contributed by atoms with Gasteiger partial charge in [-0.25, -0.2) is 8.42 Å². The Labute approximate surface area is 176 Å². The van der Waals surface area contributed by atoms with Crippen LogP contribution in [0, 0.1) is 0 Å². The summed E-state index contributed by atoms with van der Waals surface area (Å²) in [7, 11) is -3.46. The van der Waals surface area contributed by atoms with E-state index in [4.69, 9.17) is 0 Å². The number of benzene rings is 2. The Morgan fingerprint density at radius 2 is 1.75 bits per heavy atom. The summed E-state index contributed by atoms with van der Waals surface area (Å²) in [5, 5.41) is 15.0. The molecule has 0 fully saturated rings. The molecule has 2 aromatic rings. The zero-order valence-corrected chi connectivity index (χ0v) is 18.2. The number of hydrogen-bond acceptors (Lipinski definition) is 6. The Morgan fingerprint density at radius 3 is 2.39 bits per heavy atom. The normalized spacial score (nSPS) is 11.1. The number of carbonyl (C=O) groups excluding carboxylic acids is 2. The molecule has 0 atom stereocenters. The largest absolute Gasteiger partial charge is 0.506 e. The van der Waals surface area contributed by atoms with E-state index in [2.05, 4.69) is 26.6 Å². The fourth-order valence-corrected chi connectivity index (χ4v) is 4.08. The van der Waals surface area contributed by atoms with Crippen LogP contribution in [0.2, 0.25) is 0 Å². The van der Waals surface area contributed by atoms with Crippen LogP contribution in [-0.4, -0.2) is 42.6 Å². The first kappa shape index (κ1) is 22.3. The van der Waals surface area contributed by atoms with Crippen LogP contribution in [0.15, 0.2) is 51.8 Å². The molecular weight excluding hydrogens is 468 g/mol. The Bertz CT molecular complexity index is 980. The summed E-state index contributed by atoms with van der Waals surface area (Å²) >= 11 is 4.41.